The third-order valence-corrected chi connectivity index (χ3v) is 11.5. The lowest BCUT2D eigenvalue weighted by Crippen LogP contribution is -2.48. The van der Waals surface area contributed by atoms with Gasteiger partial charge in [0.25, 0.3) is 0 Å². The van der Waals surface area contributed by atoms with Gasteiger partial charge in [-0.3, -0.25) is 28.2 Å². The number of phosphoric acid groups is 1. The van der Waals surface area contributed by atoms with Crippen LogP contribution in [0.15, 0.2) is 12.3 Å². The molecule has 0 aliphatic rings. The first-order valence-electron chi connectivity index (χ1n) is 19.9. The summed E-state index contributed by atoms with van der Waals surface area (Å²) in [6.45, 7) is 13.3. The van der Waals surface area contributed by atoms with Gasteiger partial charge in [0.2, 0.25) is 11.8 Å². The number of hydrogen-bond acceptors (Lipinski definition) is 12. The van der Waals surface area contributed by atoms with Crippen LogP contribution in [-0.2, 0) is 42.3 Å². The molecule has 0 radical (unpaired) electrons. The molecule has 0 spiro atoms. The second kappa shape index (κ2) is 25.7. The van der Waals surface area contributed by atoms with Crippen molar-refractivity contribution < 1.29 is 61.2 Å². The number of ether oxygens (including phenoxy) is 2. The number of nitrogens with one attached hydrogen (secondary N) is 2. The Labute approximate surface area is 354 Å². The summed E-state index contributed by atoms with van der Waals surface area (Å²) in [5, 5.41) is 15.7. The topological polar surface area (TPSA) is 187 Å². The zero-order chi connectivity index (χ0) is 44.1. The number of carbonyl (C=O) groups excluding carboxylic acids is 4. The Morgan fingerprint density at radius 3 is 2.00 bits per heavy atom. The predicted molar refractivity (Wildman–Crippen MR) is 230 cm³/mol. The number of hydrogen-bond donors (Lipinski definition) is 6. The first kappa shape index (κ1) is 55.2. The van der Waals surface area contributed by atoms with Gasteiger partial charge in [-0.2, -0.15) is 25.3 Å². The Kier molecular flexibility index (Phi) is 24.9. The molecule has 4 N–H and O–H groups in total. The number of phosphoric ester groups is 1. The van der Waals surface area contributed by atoms with Crippen molar-refractivity contribution in [2.45, 2.75) is 97.7 Å². The van der Waals surface area contributed by atoms with Crippen molar-refractivity contribution in [3.8, 4) is 0 Å². The van der Waals surface area contributed by atoms with Crippen molar-refractivity contribution in [3.63, 3.8) is 0 Å². The quantitative estimate of drug-likeness (QED) is 0.0132. The zero-order valence-electron chi connectivity index (χ0n) is 36.5. The highest BCUT2D eigenvalue weighted by atomic mass is 32.1. The molecule has 0 aliphatic carbocycles. The van der Waals surface area contributed by atoms with Gasteiger partial charge in [0, 0.05) is 30.1 Å². The van der Waals surface area contributed by atoms with Crippen molar-refractivity contribution in [2.24, 2.45) is 16.2 Å². The Bertz CT molecular complexity index is 1330. The van der Waals surface area contributed by atoms with E-state index in [9.17, 15) is 33.7 Å². The standard InChI is InChI=1S/C39H75N4O11PS2/c1-12-38(5,34(46)41-19-15-21-43(10,11)28-31(2)44)30-39(6,36(48)51-23-20-40-33(45)17-14-13-16-32(57)18-27-56)29-37(3,4)35(47)52-25-26-54-55(49,50)53-24-22-42(7,8)9/h32H,2,12-30H2,1,3-11H3,(H4-2,40,41,44,45,46,49,50,56,57)/p+2. The van der Waals surface area contributed by atoms with Gasteiger partial charge in [0.05, 0.1) is 65.8 Å². The third-order valence-electron chi connectivity index (χ3n) is 9.72. The molecule has 18 heteroatoms. The van der Waals surface area contributed by atoms with E-state index in [1.807, 2.05) is 42.2 Å². The smallest absolute Gasteiger partial charge is 0.472 e. The fourth-order valence-electron chi connectivity index (χ4n) is 6.48. The minimum absolute atomic E-state index is 0.00720. The molecule has 2 amide bonds. The highest BCUT2D eigenvalue weighted by Gasteiger charge is 2.49. The average molecular weight is 873 g/mol. The minimum atomic E-state index is -4.37. The number of aliphatic hydroxyl groups excluding tert-OH is 1. The molecule has 0 aliphatic heterocycles. The first-order chi connectivity index (χ1) is 26.1. The molecular formula is C39H77N4O11PS2+2. The Balaban J connectivity index is 5.74. The Hall–Kier alpha value is -1.85. The molecule has 57 heavy (non-hydrogen) atoms. The molecule has 0 aromatic rings. The molecule has 0 fully saturated rings. The van der Waals surface area contributed by atoms with Gasteiger partial charge < -0.3 is 39.1 Å². The van der Waals surface area contributed by atoms with Crippen molar-refractivity contribution in [3.05, 3.63) is 12.3 Å². The fourth-order valence-corrected chi connectivity index (χ4v) is 8.00. The van der Waals surface area contributed by atoms with Gasteiger partial charge in [-0.05, 0) is 65.0 Å². The van der Waals surface area contributed by atoms with Crippen molar-refractivity contribution in [1.29, 1.82) is 0 Å². The van der Waals surface area contributed by atoms with Crippen molar-refractivity contribution >= 4 is 56.8 Å². The lowest BCUT2D eigenvalue weighted by Gasteiger charge is -2.40. The first-order valence-corrected chi connectivity index (χ1v) is 22.6. The molecule has 0 saturated heterocycles. The van der Waals surface area contributed by atoms with E-state index < -0.39 is 42.6 Å². The number of nitrogens with zero attached hydrogens (tertiary/aromatic N) is 2. The van der Waals surface area contributed by atoms with Crippen molar-refractivity contribution in [1.82, 2.24) is 10.6 Å². The SMILES string of the molecule is C=C(O)C[N+](C)(C)CCCNC(=O)C(C)(CC)CC(C)(CC(C)(C)C(=O)OCCOP(=O)(O)OCC[N+](C)(C)C)C(=O)OCCNC(=O)CCCCC(S)CCS. The number of esters is 2. The third kappa shape index (κ3) is 24.7. The Morgan fingerprint density at radius 1 is 0.807 bits per heavy atom. The maximum absolute atomic E-state index is 14.0. The van der Waals surface area contributed by atoms with E-state index in [0.717, 1.165) is 25.0 Å². The second-order valence-corrected chi connectivity index (χ2v) is 20.5. The van der Waals surface area contributed by atoms with Crippen LogP contribution < -0.4 is 10.6 Å². The monoisotopic (exact) mass is 872 g/mol. The molecule has 4 unspecified atom stereocenters. The highest BCUT2D eigenvalue weighted by Crippen LogP contribution is 2.46. The molecule has 0 bridgehead atoms. The van der Waals surface area contributed by atoms with Gasteiger partial charge >= 0.3 is 19.8 Å². The van der Waals surface area contributed by atoms with Crippen LogP contribution in [0.3, 0.4) is 0 Å². The molecule has 334 valence electrons. The zero-order valence-corrected chi connectivity index (χ0v) is 39.2. The molecule has 0 rings (SSSR count). The molecule has 0 saturated carbocycles. The second-order valence-electron chi connectivity index (χ2n) is 17.9. The van der Waals surface area contributed by atoms with Gasteiger partial charge in [-0.1, -0.05) is 26.8 Å². The number of carbonyl (C=O) groups is 4. The lowest BCUT2D eigenvalue weighted by molar-refractivity contribution is -0.886. The molecule has 0 aromatic heterocycles. The van der Waals surface area contributed by atoms with E-state index in [1.165, 1.54) is 0 Å². The molecule has 15 nitrogen and oxygen atoms in total. The van der Waals surface area contributed by atoms with E-state index in [0.29, 0.717) is 60.8 Å². The van der Waals surface area contributed by atoms with Crippen LogP contribution in [0.25, 0.3) is 0 Å². The molecule has 0 aromatic carbocycles. The van der Waals surface area contributed by atoms with Crippen LogP contribution in [0, 0.1) is 16.2 Å². The van der Waals surface area contributed by atoms with E-state index in [-0.39, 0.29) is 62.0 Å². The summed E-state index contributed by atoms with van der Waals surface area (Å²) in [6, 6.07) is 0. The number of amides is 2. The van der Waals surface area contributed by atoms with E-state index in [4.69, 9.17) is 18.5 Å². The molecule has 4 atom stereocenters. The van der Waals surface area contributed by atoms with Crippen LogP contribution in [0.4, 0.5) is 0 Å². The highest BCUT2D eigenvalue weighted by molar-refractivity contribution is 7.81. The number of likely N-dealkylation sites (N-methyl/N-ethyl adjacent to an activating group) is 2. The van der Waals surface area contributed by atoms with Crippen LogP contribution >= 0.6 is 33.1 Å². The van der Waals surface area contributed by atoms with Gasteiger partial charge in [0.1, 0.15) is 38.7 Å². The summed E-state index contributed by atoms with van der Waals surface area (Å²) in [5.74, 6) is -0.869. The Morgan fingerprint density at radius 2 is 1.42 bits per heavy atom. The maximum Gasteiger partial charge on any atom is 0.472 e. The van der Waals surface area contributed by atoms with Gasteiger partial charge in [-0.25, -0.2) is 4.57 Å². The summed E-state index contributed by atoms with van der Waals surface area (Å²) in [4.78, 5) is 63.6. The predicted octanol–water partition coefficient (Wildman–Crippen LogP) is 5.09. The summed E-state index contributed by atoms with van der Waals surface area (Å²) >= 11 is 8.75. The summed E-state index contributed by atoms with van der Waals surface area (Å²) in [7, 11) is 5.28. The van der Waals surface area contributed by atoms with Crippen LogP contribution in [0.1, 0.15) is 92.4 Å². The summed E-state index contributed by atoms with van der Waals surface area (Å²) in [6.07, 6.45) is 4.71. The number of thiol groups is 2. The van der Waals surface area contributed by atoms with E-state index in [2.05, 4.69) is 42.5 Å². The normalized spacial score (nSPS) is 16.0. The number of unbranched alkanes of at least 4 members (excludes halogenated alkanes) is 1. The molecule has 0 heterocycles. The fraction of sp³-hybridized carbons (Fsp3) is 0.846. The number of quaternary nitrogens is 2. The number of rotatable bonds is 32. The van der Waals surface area contributed by atoms with Crippen LogP contribution in [0.5, 0.6) is 0 Å². The maximum atomic E-state index is 14.0. The average Bonchev–Trinajstić information content (AvgIpc) is 3.07. The largest absolute Gasteiger partial charge is 0.507 e. The van der Waals surface area contributed by atoms with Crippen molar-refractivity contribution in [2.75, 3.05) is 100 Å². The summed E-state index contributed by atoms with van der Waals surface area (Å²) < 4.78 is 34.4. The van der Waals surface area contributed by atoms with Crippen LogP contribution in [-0.4, -0.2) is 148 Å². The van der Waals surface area contributed by atoms with Gasteiger partial charge in [-0.15, -0.1) is 0 Å². The van der Waals surface area contributed by atoms with E-state index >= 15 is 0 Å². The lowest BCUT2D eigenvalue weighted by atomic mass is 9.64. The number of aliphatic hydroxyl groups is 1. The van der Waals surface area contributed by atoms with Crippen LogP contribution in [0.2, 0.25) is 0 Å². The molecular weight excluding hydrogens is 796 g/mol. The van der Waals surface area contributed by atoms with Gasteiger partial charge in [0.15, 0.2) is 0 Å². The summed E-state index contributed by atoms with van der Waals surface area (Å²) in [5.41, 5.74) is -3.66. The van der Waals surface area contributed by atoms with E-state index in [1.54, 1.807) is 27.7 Å². The minimum Gasteiger partial charge on any atom is -0.507 e.